The molecule has 2 amide bonds. The zero-order valence-electron chi connectivity index (χ0n) is 19.4. The van der Waals surface area contributed by atoms with Gasteiger partial charge < -0.3 is 15.3 Å². The second-order valence-electron chi connectivity index (χ2n) is 8.35. The van der Waals surface area contributed by atoms with Gasteiger partial charge in [-0.3, -0.25) is 9.59 Å². The van der Waals surface area contributed by atoms with Crippen LogP contribution in [0.2, 0.25) is 0 Å². The van der Waals surface area contributed by atoms with Crippen molar-refractivity contribution in [3.05, 3.63) is 78.4 Å². The summed E-state index contributed by atoms with van der Waals surface area (Å²) in [5.41, 5.74) is 3.05. The number of amides is 2. The number of hydrogen-bond acceptors (Lipinski definition) is 4. The molecule has 0 bridgehead atoms. The second kappa shape index (κ2) is 11.6. The van der Waals surface area contributed by atoms with E-state index in [2.05, 4.69) is 11.9 Å². The van der Waals surface area contributed by atoms with Crippen molar-refractivity contribution in [2.75, 3.05) is 11.9 Å². The van der Waals surface area contributed by atoms with Crippen molar-refractivity contribution >= 4 is 23.2 Å². The highest BCUT2D eigenvalue weighted by Gasteiger charge is 2.34. The summed E-state index contributed by atoms with van der Waals surface area (Å²) in [6.45, 7) is 5.78. The van der Waals surface area contributed by atoms with Crippen molar-refractivity contribution in [3.63, 3.8) is 0 Å². The number of anilines is 1. The van der Waals surface area contributed by atoms with Crippen LogP contribution in [-0.2, 0) is 9.59 Å². The van der Waals surface area contributed by atoms with Crippen LogP contribution in [-0.4, -0.2) is 41.9 Å². The van der Waals surface area contributed by atoms with E-state index in [1.807, 2.05) is 61.5 Å². The Morgan fingerprint density at radius 1 is 1.18 bits per heavy atom. The maximum atomic E-state index is 13.3. The molecule has 0 spiro atoms. The third-order valence-corrected chi connectivity index (χ3v) is 6.01. The van der Waals surface area contributed by atoms with Gasteiger partial charge in [-0.05, 0) is 25.3 Å². The largest absolute Gasteiger partial charge is 0.392 e. The smallest absolute Gasteiger partial charge is 0.272 e. The molecule has 6 heteroatoms. The average Bonchev–Trinajstić information content (AvgIpc) is 2.94. The minimum atomic E-state index is -1.09. The third-order valence-electron chi connectivity index (χ3n) is 6.01. The van der Waals surface area contributed by atoms with Crippen molar-refractivity contribution in [1.29, 1.82) is 0 Å². The van der Waals surface area contributed by atoms with Crippen molar-refractivity contribution in [2.45, 2.75) is 51.3 Å². The quantitative estimate of drug-likeness (QED) is 0.539. The molecular weight excluding hydrogens is 414 g/mol. The molecule has 0 saturated carbocycles. The van der Waals surface area contributed by atoms with E-state index in [1.54, 1.807) is 13.1 Å². The summed E-state index contributed by atoms with van der Waals surface area (Å²) in [7, 11) is 1.69. The number of para-hydroxylation sites is 1. The van der Waals surface area contributed by atoms with Gasteiger partial charge in [0.05, 0.1) is 23.4 Å². The fourth-order valence-electron chi connectivity index (χ4n) is 4.09. The highest BCUT2D eigenvalue weighted by atomic mass is 16.3. The third kappa shape index (κ3) is 5.76. The number of fused-ring (bicyclic) bond motifs is 1. The number of aliphatic imine (C=N–C) groups is 1. The molecule has 3 atom stereocenters. The van der Waals surface area contributed by atoms with Gasteiger partial charge in [-0.1, -0.05) is 74.4 Å². The highest BCUT2D eigenvalue weighted by Crippen LogP contribution is 2.27. The summed E-state index contributed by atoms with van der Waals surface area (Å²) in [5.74, 6) is -1.32. The number of aliphatic hydroxyl groups is 1. The van der Waals surface area contributed by atoms with E-state index in [4.69, 9.17) is 4.99 Å². The molecule has 2 aromatic carbocycles. The molecule has 0 unspecified atom stereocenters. The number of benzodiazepines with no additional fused rings is 1. The van der Waals surface area contributed by atoms with Crippen LogP contribution in [0.1, 0.15) is 50.2 Å². The van der Waals surface area contributed by atoms with E-state index in [0.29, 0.717) is 25.0 Å². The lowest BCUT2D eigenvalue weighted by Crippen LogP contribution is -2.49. The van der Waals surface area contributed by atoms with Crippen LogP contribution in [0.25, 0.3) is 0 Å². The number of hydrogen-bond donors (Lipinski definition) is 2. The summed E-state index contributed by atoms with van der Waals surface area (Å²) in [4.78, 5) is 32.8. The number of likely N-dealkylation sites (N-methyl/N-ethyl adjacent to an activating group) is 1. The number of rotatable bonds is 10. The first-order chi connectivity index (χ1) is 16.0. The molecule has 0 aliphatic carbocycles. The van der Waals surface area contributed by atoms with E-state index < -0.39 is 18.2 Å². The van der Waals surface area contributed by atoms with Gasteiger partial charge >= 0.3 is 0 Å². The maximum absolute atomic E-state index is 13.3. The Labute approximate surface area is 196 Å². The number of carbonyl (C=O) groups excluding carboxylic acids is 2. The summed E-state index contributed by atoms with van der Waals surface area (Å²) in [6.07, 6.45) is 3.23. The Morgan fingerprint density at radius 3 is 2.58 bits per heavy atom. The molecule has 33 heavy (non-hydrogen) atoms. The Hall–Kier alpha value is -3.25. The van der Waals surface area contributed by atoms with Crippen LogP contribution < -0.4 is 10.2 Å². The van der Waals surface area contributed by atoms with Gasteiger partial charge in [0, 0.05) is 18.2 Å². The lowest BCUT2D eigenvalue weighted by Gasteiger charge is -2.25. The molecule has 2 N–H and O–H groups in total. The summed E-state index contributed by atoms with van der Waals surface area (Å²) in [5, 5.41) is 13.5. The fourth-order valence-corrected chi connectivity index (χ4v) is 4.09. The van der Waals surface area contributed by atoms with Crippen molar-refractivity contribution in [3.8, 4) is 0 Å². The van der Waals surface area contributed by atoms with Crippen LogP contribution in [0.3, 0.4) is 0 Å². The van der Waals surface area contributed by atoms with Gasteiger partial charge in [0.1, 0.15) is 0 Å². The molecular formula is C27H33N3O3. The number of nitrogens with zero attached hydrogens (tertiary/aromatic N) is 2. The van der Waals surface area contributed by atoms with Crippen molar-refractivity contribution < 1.29 is 14.7 Å². The van der Waals surface area contributed by atoms with Gasteiger partial charge in [-0.2, -0.15) is 0 Å². The predicted molar refractivity (Wildman–Crippen MR) is 132 cm³/mol. The summed E-state index contributed by atoms with van der Waals surface area (Å²) >= 11 is 0. The highest BCUT2D eigenvalue weighted by molar-refractivity contribution is 6.20. The molecule has 0 fully saturated rings. The van der Waals surface area contributed by atoms with E-state index in [1.165, 1.54) is 4.90 Å². The molecule has 0 radical (unpaired) electrons. The van der Waals surface area contributed by atoms with Crippen LogP contribution >= 0.6 is 0 Å². The summed E-state index contributed by atoms with van der Waals surface area (Å²) in [6, 6.07) is 17.2. The number of benzene rings is 2. The first kappa shape index (κ1) is 24.4. The van der Waals surface area contributed by atoms with Gasteiger partial charge in [0.2, 0.25) is 12.1 Å². The Morgan fingerprint density at radius 2 is 1.88 bits per heavy atom. The average molecular weight is 448 g/mol. The number of allylic oxidation sites excluding steroid dienone is 1. The van der Waals surface area contributed by atoms with E-state index in [-0.39, 0.29) is 11.8 Å². The first-order valence-electron chi connectivity index (χ1n) is 11.6. The molecule has 0 saturated heterocycles. The van der Waals surface area contributed by atoms with Gasteiger partial charge in [-0.15, -0.1) is 6.58 Å². The molecule has 1 heterocycles. The number of carbonyl (C=O) groups is 2. The van der Waals surface area contributed by atoms with E-state index in [9.17, 15) is 14.7 Å². The number of nitrogens with one attached hydrogen (secondary N) is 1. The zero-order valence-corrected chi connectivity index (χ0v) is 19.4. The summed E-state index contributed by atoms with van der Waals surface area (Å²) < 4.78 is 0. The maximum Gasteiger partial charge on any atom is 0.272 e. The van der Waals surface area contributed by atoms with Gasteiger partial charge in [-0.25, -0.2) is 4.99 Å². The van der Waals surface area contributed by atoms with Crippen LogP contribution in [0.15, 0.2) is 72.2 Å². The lowest BCUT2D eigenvalue weighted by molar-refractivity contribution is -0.132. The van der Waals surface area contributed by atoms with Crippen molar-refractivity contribution in [2.24, 2.45) is 10.9 Å². The molecule has 2 aromatic rings. The predicted octanol–water partition coefficient (Wildman–Crippen LogP) is 4.08. The Bertz CT molecular complexity index is 1000. The fraction of sp³-hybridized carbons (Fsp3) is 0.370. The SMILES string of the molecule is C=CCC[C@@H](C(=O)N[C@H]1N=C(c2ccccc2)c2ccccc2N(C)C1=O)[C@@H](O)CCCC. The molecule has 0 aromatic heterocycles. The Kier molecular flexibility index (Phi) is 8.55. The van der Waals surface area contributed by atoms with Crippen LogP contribution in [0.4, 0.5) is 5.69 Å². The Balaban J connectivity index is 1.96. The zero-order chi connectivity index (χ0) is 23.8. The first-order valence-corrected chi connectivity index (χ1v) is 11.6. The van der Waals surface area contributed by atoms with Gasteiger partial charge in [0.15, 0.2) is 0 Å². The normalized spacial score (nSPS) is 17.4. The van der Waals surface area contributed by atoms with Gasteiger partial charge in [0.25, 0.3) is 5.91 Å². The minimum absolute atomic E-state index is 0.327. The lowest BCUT2D eigenvalue weighted by atomic mass is 9.92. The molecule has 1 aliphatic rings. The number of aliphatic hydroxyl groups excluding tert-OH is 1. The van der Waals surface area contributed by atoms with E-state index >= 15 is 0 Å². The van der Waals surface area contributed by atoms with E-state index in [0.717, 1.165) is 29.7 Å². The molecule has 1 aliphatic heterocycles. The molecule has 3 rings (SSSR count). The molecule has 174 valence electrons. The van der Waals surface area contributed by atoms with Crippen LogP contribution in [0, 0.1) is 5.92 Å². The van der Waals surface area contributed by atoms with Crippen LogP contribution in [0.5, 0.6) is 0 Å². The standard InChI is InChI=1S/C27H33N3O3/c1-4-6-15-21(23(31)18-7-5-2)26(32)29-25-27(33)30(3)22-17-12-11-16-20(22)24(28-25)19-13-9-8-10-14-19/h4,8-14,16-17,21,23,25,31H,1,5-7,15,18H2,2-3H3,(H,29,32)/t21-,23+,25-/m1/s1. The monoisotopic (exact) mass is 447 g/mol. The topological polar surface area (TPSA) is 82.0 Å². The molecule has 6 nitrogen and oxygen atoms in total. The minimum Gasteiger partial charge on any atom is -0.392 e. The second-order valence-corrected chi connectivity index (χ2v) is 8.35. The van der Waals surface area contributed by atoms with Crippen molar-refractivity contribution in [1.82, 2.24) is 5.32 Å². The number of unbranched alkanes of at least 4 members (excludes halogenated alkanes) is 1.